The zero-order chi connectivity index (χ0) is 21.1. The highest BCUT2D eigenvalue weighted by Crippen LogP contribution is 2.62. The zero-order valence-corrected chi connectivity index (χ0v) is 10.5. The van der Waals surface area contributed by atoms with Crippen LogP contribution in [0.1, 0.15) is 0 Å². The zero-order valence-electron chi connectivity index (χ0n) is 10.5. The summed E-state index contributed by atoms with van der Waals surface area (Å²) in [6.45, 7) is 0. The quantitative estimate of drug-likeness (QED) is 0.652. The Bertz CT molecular complexity index is 478. The lowest BCUT2D eigenvalue weighted by Crippen LogP contribution is -2.69. The van der Waals surface area contributed by atoms with Gasteiger partial charge in [0, 0.05) is 0 Å². The van der Waals surface area contributed by atoms with E-state index in [1.54, 1.807) is 0 Å². The Hall–Kier alpha value is -1.16. The van der Waals surface area contributed by atoms with Crippen molar-refractivity contribution >= 4 is 0 Å². The maximum Gasteiger partial charge on any atom is 0.460 e. The van der Waals surface area contributed by atoms with Gasteiger partial charge in [-0.25, -0.2) is 4.39 Å². The van der Waals surface area contributed by atoms with Gasteiger partial charge in [0.25, 0.3) is 0 Å². The highest BCUT2D eigenvalue weighted by molar-refractivity contribution is 5.26. The summed E-state index contributed by atoms with van der Waals surface area (Å²) in [6, 6.07) is 0. The molecule has 0 saturated heterocycles. The van der Waals surface area contributed by atoms with Crippen LogP contribution in [0.5, 0.6) is 0 Å². The van der Waals surface area contributed by atoms with Crippen LogP contribution in [0.4, 0.5) is 70.2 Å². The number of hydrogen-bond acceptors (Lipinski definition) is 1. The van der Waals surface area contributed by atoms with E-state index in [-0.39, 0.29) is 0 Å². The average molecular weight is 417 g/mol. The molecule has 25 heavy (non-hydrogen) atoms. The fraction of sp³-hybridized carbons (Fsp3) is 0.875. The van der Waals surface area contributed by atoms with Gasteiger partial charge in [-0.15, -0.1) is 0 Å². The standard InChI is InChI=1S/C8HF16O/c9-2(10,5(15,16)6(17,18)8(22,23)24)1(4(12,13)14)3(11,25)7(19,20)21/h25H. The lowest BCUT2D eigenvalue weighted by atomic mass is 9.85. The predicted octanol–water partition coefficient (Wildman–Crippen LogP) is 4.81. The molecule has 1 radical (unpaired) electrons. The number of hydrogen-bond donors (Lipinski definition) is 1. The molecule has 0 aliphatic rings. The first kappa shape index (κ1) is 23.8. The topological polar surface area (TPSA) is 20.2 Å². The average Bonchev–Trinajstić information content (AvgIpc) is 2.21. The smallest absolute Gasteiger partial charge is 0.354 e. The van der Waals surface area contributed by atoms with Crippen molar-refractivity contribution < 1.29 is 75.4 Å². The van der Waals surface area contributed by atoms with Crippen LogP contribution in [0, 0.1) is 5.92 Å². The van der Waals surface area contributed by atoms with Crippen molar-refractivity contribution in [2.45, 2.75) is 42.2 Å². The lowest BCUT2D eigenvalue weighted by molar-refractivity contribution is -0.415. The Kier molecular flexibility index (Phi) is 5.41. The van der Waals surface area contributed by atoms with E-state index < -0.39 is 48.1 Å². The highest BCUT2D eigenvalue weighted by Gasteiger charge is 2.90. The minimum Gasteiger partial charge on any atom is -0.354 e. The molecule has 0 spiro atoms. The van der Waals surface area contributed by atoms with E-state index in [2.05, 4.69) is 0 Å². The molecule has 151 valence electrons. The fourth-order valence-electron chi connectivity index (χ4n) is 1.25. The molecule has 0 aliphatic carbocycles. The van der Waals surface area contributed by atoms with Crippen LogP contribution >= 0.6 is 0 Å². The third-order valence-corrected chi connectivity index (χ3v) is 2.45. The van der Waals surface area contributed by atoms with E-state index in [4.69, 9.17) is 5.11 Å². The summed E-state index contributed by atoms with van der Waals surface area (Å²) in [5.74, 6) is -37.5. The predicted molar refractivity (Wildman–Crippen MR) is 42.3 cm³/mol. The molecule has 0 rings (SSSR count). The van der Waals surface area contributed by atoms with Gasteiger partial charge in [0.15, 0.2) is 0 Å². The molecule has 0 aromatic heterocycles. The molecule has 0 fully saturated rings. The maximum atomic E-state index is 13.0. The minimum atomic E-state index is -8.27. The lowest BCUT2D eigenvalue weighted by Gasteiger charge is -2.41. The highest BCUT2D eigenvalue weighted by atomic mass is 19.4. The first-order valence-corrected chi connectivity index (χ1v) is 5.00. The number of rotatable bonds is 4. The van der Waals surface area contributed by atoms with Crippen LogP contribution in [-0.2, 0) is 0 Å². The molecule has 17 heteroatoms. The number of aliphatic hydroxyl groups is 1. The molecular weight excluding hydrogens is 416 g/mol. The molecule has 0 aromatic rings. The van der Waals surface area contributed by atoms with Crippen molar-refractivity contribution in [2.24, 2.45) is 0 Å². The van der Waals surface area contributed by atoms with Crippen LogP contribution in [0.25, 0.3) is 0 Å². The third kappa shape index (κ3) is 3.55. The summed E-state index contributed by atoms with van der Waals surface area (Å²) in [4.78, 5) is 0. The van der Waals surface area contributed by atoms with Gasteiger partial charge in [0.05, 0.1) is 0 Å². The molecule has 1 N–H and O–H groups in total. The van der Waals surface area contributed by atoms with Crippen LogP contribution in [0.15, 0.2) is 0 Å². The second-order valence-corrected chi connectivity index (χ2v) is 4.21. The molecule has 0 amide bonds. The Labute approximate surface area is 125 Å². The fourth-order valence-corrected chi connectivity index (χ4v) is 1.25. The first-order chi connectivity index (χ1) is 10.4. The van der Waals surface area contributed by atoms with Crippen LogP contribution < -0.4 is 0 Å². The molecule has 1 unspecified atom stereocenters. The minimum absolute atomic E-state index is 5.60. The van der Waals surface area contributed by atoms with Gasteiger partial charge in [-0.05, 0) is 0 Å². The summed E-state index contributed by atoms with van der Waals surface area (Å²) in [6.07, 6.45) is -22.7. The number of alkyl halides is 16. The summed E-state index contributed by atoms with van der Waals surface area (Å²) in [5.41, 5.74) is 0. The monoisotopic (exact) mass is 417 g/mol. The molecular formula is C8HF16O. The van der Waals surface area contributed by atoms with Crippen LogP contribution in [0.3, 0.4) is 0 Å². The number of halogens is 16. The van der Waals surface area contributed by atoms with Crippen molar-refractivity contribution in [1.29, 1.82) is 0 Å². The molecule has 0 aliphatic heterocycles. The third-order valence-electron chi connectivity index (χ3n) is 2.45. The summed E-state index contributed by atoms with van der Waals surface area (Å²) < 4.78 is 197. The first-order valence-electron chi connectivity index (χ1n) is 5.00. The Balaban J connectivity index is 6.67. The molecule has 0 heterocycles. The SMILES string of the molecule is OC(F)([C](C(F)(F)F)C(F)(F)C(F)(F)C(F)(F)C(F)(F)F)C(F)(F)F. The summed E-state index contributed by atoms with van der Waals surface area (Å²) >= 11 is 0. The van der Waals surface area contributed by atoms with Crippen LogP contribution in [-0.4, -0.2) is 47.3 Å². The van der Waals surface area contributed by atoms with E-state index >= 15 is 0 Å². The second-order valence-electron chi connectivity index (χ2n) is 4.21. The van der Waals surface area contributed by atoms with Crippen molar-refractivity contribution in [3.8, 4) is 0 Å². The van der Waals surface area contributed by atoms with Gasteiger partial charge in [-0.2, -0.15) is 65.9 Å². The van der Waals surface area contributed by atoms with Gasteiger partial charge >= 0.3 is 42.2 Å². The molecule has 1 atom stereocenters. The van der Waals surface area contributed by atoms with Crippen LogP contribution in [0.2, 0.25) is 0 Å². The van der Waals surface area contributed by atoms with E-state index in [0.29, 0.717) is 0 Å². The van der Waals surface area contributed by atoms with Crippen molar-refractivity contribution in [3.05, 3.63) is 5.92 Å². The Morgan fingerprint density at radius 2 is 0.800 bits per heavy atom. The van der Waals surface area contributed by atoms with Gasteiger partial charge < -0.3 is 5.11 Å². The molecule has 0 aromatic carbocycles. The Morgan fingerprint density at radius 1 is 0.480 bits per heavy atom. The second kappa shape index (κ2) is 5.67. The molecule has 1 nitrogen and oxygen atoms in total. The van der Waals surface area contributed by atoms with E-state index in [9.17, 15) is 70.2 Å². The van der Waals surface area contributed by atoms with E-state index in [0.717, 1.165) is 0 Å². The van der Waals surface area contributed by atoms with Gasteiger partial charge in [-0.1, -0.05) is 0 Å². The van der Waals surface area contributed by atoms with Crippen molar-refractivity contribution in [3.63, 3.8) is 0 Å². The molecule has 0 saturated carbocycles. The maximum absolute atomic E-state index is 13.0. The Morgan fingerprint density at radius 3 is 1.00 bits per heavy atom. The largest absolute Gasteiger partial charge is 0.460 e. The molecule has 0 bridgehead atoms. The van der Waals surface area contributed by atoms with Gasteiger partial charge in [-0.3, -0.25) is 0 Å². The van der Waals surface area contributed by atoms with Gasteiger partial charge in [0.1, 0.15) is 0 Å². The van der Waals surface area contributed by atoms with E-state index in [1.807, 2.05) is 0 Å². The van der Waals surface area contributed by atoms with Crippen molar-refractivity contribution in [1.82, 2.24) is 0 Å². The van der Waals surface area contributed by atoms with E-state index in [1.165, 1.54) is 0 Å². The summed E-state index contributed by atoms with van der Waals surface area (Å²) in [7, 11) is 0. The summed E-state index contributed by atoms with van der Waals surface area (Å²) in [5, 5.41) is 7.93. The van der Waals surface area contributed by atoms with Crippen molar-refractivity contribution in [2.75, 3.05) is 0 Å². The van der Waals surface area contributed by atoms with Gasteiger partial charge in [0.2, 0.25) is 5.92 Å². The normalized spacial score (nSPS) is 18.5.